The lowest BCUT2D eigenvalue weighted by atomic mass is 9.33. The molecule has 0 aliphatic heterocycles. The standard InChI is InChI=1S/C31H46O4.C30H44O4/c1-26(2)22-9-12-31(7)24(29(22,5)11-10-23(26)33)21(32)17-19-20-18-28(4,25(34)35-8)14-13-27(20,3)15-16-30(19,31)6;1-25(2)21-8-11-30(7)23(28(21,5)10-9-22(25)32)20(31)16-18-19-17-27(4,24(33)34)13-12-26(19,3)14-15-29(18,30)6/h17,20,22,24H,9-16,18H2,1-8H3;16,19,21,23H,8-15,17H2,1-7H3,(H,33,34)/t20-,22-,24+,27+,28-,29-,30+,31+;19-,21-,23+,26+,27-,28-,29+,30+/m00/s1. The summed E-state index contributed by atoms with van der Waals surface area (Å²) in [4.78, 5) is 79.3. The Morgan fingerprint density at radius 3 is 1.25 bits per heavy atom. The fraction of sp³-hybridized carbons (Fsp3) is 0.836. The number of hydrogen-bond donors (Lipinski definition) is 1. The number of carbonyl (C=O) groups is 6. The second-order valence-corrected chi connectivity index (χ2v) is 29.6. The first kappa shape index (κ1) is 51.0. The Hall–Kier alpha value is -2.90. The smallest absolute Gasteiger partial charge is 0.311 e. The molecule has 1 N–H and O–H groups in total. The largest absolute Gasteiger partial charge is 0.481 e. The molecule has 69 heavy (non-hydrogen) atoms. The van der Waals surface area contributed by atoms with E-state index >= 15 is 0 Å². The minimum atomic E-state index is -0.721. The molecule has 0 heterocycles. The van der Waals surface area contributed by atoms with Crippen LogP contribution in [0.15, 0.2) is 23.3 Å². The Morgan fingerprint density at radius 2 is 0.870 bits per heavy atom. The van der Waals surface area contributed by atoms with Gasteiger partial charge >= 0.3 is 11.9 Å². The number of carboxylic acids is 1. The number of ether oxygens (including phenoxy) is 1. The number of ketones is 4. The molecule has 0 aromatic carbocycles. The van der Waals surface area contributed by atoms with Crippen LogP contribution in [0.1, 0.15) is 213 Å². The van der Waals surface area contributed by atoms with Gasteiger partial charge in [0.2, 0.25) is 0 Å². The number of fused-ring (bicyclic) bond motifs is 14. The lowest BCUT2D eigenvalue weighted by molar-refractivity contribution is -0.188. The number of Topliss-reactive ketones (excluding diaryl/α,β-unsaturated/α-hetero) is 2. The monoisotopic (exact) mass is 951 g/mol. The molecule has 0 spiro atoms. The third kappa shape index (κ3) is 6.54. The van der Waals surface area contributed by atoms with Crippen molar-refractivity contribution in [2.75, 3.05) is 7.11 Å². The number of allylic oxidation sites excluding steroid dienone is 4. The van der Waals surface area contributed by atoms with Crippen molar-refractivity contribution in [2.24, 2.45) is 100 Å². The van der Waals surface area contributed by atoms with Gasteiger partial charge in [-0.05, 0) is 196 Å². The topological polar surface area (TPSA) is 132 Å². The second kappa shape index (κ2) is 15.3. The van der Waals surface area contributed by atoms with E-state index in [9.17, 15) is 33.9 Å². The SMILES string of the molecule is CC1(C)C(=O)CC[C@]2(C)[C@H]3C(=O)C=C4[C@@H]5C[C@@](C)(C(=O)O)CC[C@]5(C)CC[C@@]4(C)[C@]3(C)CC[C@@H]12.COC(=O)[C@@]1(C)CC[C@]2(C)CC[C@]3(C)C(=CC(=O)[C@@H]4[C@@]5(C)CCC(=O)C(C)(C)[C@@H]5CC[C@]43C)[C@@H]2C1. The molecule has 0 aromatic rings. The summed E-state index contributed by atoms with van der Waals surface area (Å²) in [5.41, 5.74) is 0.0392. The van der Waals surface area contributed by atoms with Crippen LogP contribution in [0.4, 0.5) is 0 Å². The van der Waals surface area contributed by atoms with E-state index in [2.05, 4.69) is 96.1 Å². The van der Waals surface area contributed by atoms with Crippen LogP contribution in [-0.4, -0.2) is 47.3 Å². The molecule has 0 amide bonds. The fourth-order valence-electron chi connectivity index (χ4n) is 20.6. The molecule has 10 aliphatic carbocycles. The summed E-state index contributed by atoms with van der Waals surface area (Å²) in [6.07, 6.45) is 20.1. The number of rotatable bonds is 2. The van der Waals surface area contributed by atoms with Gasteiger partial charge in [-0.25, -0.2) is 0 Å². The molecule has 0 aromatic heterocycles. The number of carbonyl (C=O) groups excluding carboxylic acids is 5. The normalized spacial score (nSPS) is 51.3. The molecule has 8 heteroatoms. The Balaban J connectivity index is 0.000000172. The van der Waals surface area contributed by atoms with Crippen molar-refractivity contribution < 1.29 is 38.6 Å². The van der Waals surface area contributed by atoms with Gasteiger partial charge in [-0.15, -0.1) is 0 Å². The predicted molar refractivity (Wildman–Crippen MR) is 269 cm³/mol. The summed E-state index contributed by atoms with van der Waals surface area (Å²) in [5, 5.41) is 10.0. The first-order chi connectivity index (χ1) is 31.6. The van der Waals surface area contributed by atoms with Gasteiger partial charge in [0.15, 0.2) is 11.6 Å². The van der Waals surface area contributed by atoms with Crippen molar-refractivity contribution in [3.63, 3.8) is 0 Å². The number of methoxy groups -OCH3 is 1. The Labute approximate surface area is 415 Å². The van der Waals surface area contributed by atoms with Gasteiger partial charge in [-0.1, -0.05) is 94.2 Å². The fourth-order valence-corrected chi connectivity index (χ4v) is 20.6. The van der Waals surface area contributed by atoms with Gasteiger partial charge < -0.3 is 9.84 Å². The van der Waals surface area contributed by atoms with Gasteiger partial charge in [0, 0.05) is 35.5 Å². The molecule has 382 valence electrons. The van der Waals surface area contributed by atoms with Gasteiger partial charge in [-0.2, -0.15) is 0 Å². The quantitative estimate of drug-likeness (QED) is 0.271. The highest BCUT2D eigenvalue weighted by molar-refractivity contribution is 5.97. The minimum Gasteiger partial charge on any atom is -0.481 e. The number of carboxylic acid groups (broad SMARTS) is 1. The Bertz CT molecular complexity index is 2350. The molecule has 0 radical (unpaired) electrons. The number of hydrogen-bond acceptors (Lipinski definition) is 7. The molecule has 10 rings (SSSR count). The van der Waals surface area contributed by atoms with Crippen molar-refractivity contribution in [1.82, 2.24) is 0 Å². The van der Waals surface area contributed by atoms with Gasteiger partial charge in [0.25, 0.3) is 0 Å². The highest BCUT2D eigenvalue weighted by Gasteiger charge is 2.72. The van der Waals surface area contributed by atoms with E-state index in [-0.39, 0.29) is 107 Å². The molecule has 8 saturated carbocycles. The zero-order chi connectivity index (χ0) is 50.9. The van der Waals surface area contributed by atoms with Crippen LogP contribution < -0.4 is 0 Å². The first-order valence-corrected chi connectivity index (χ1v) is 27.5. The van der Waals surface area contributed by atoms with Crippen LogP contribution >= 0.6 is 0 Å². The molecular formula is C61H90O8. The summed E-state index contributed by atoms with van der Waals surface area (Å²) in [7, 11) is 1.50. The summed E-state index contributed by atoms with van der Waals surface area (Å²) < 4.78 is 5.24. The van der Waals surface area contributed by atoms with E-state index in [0.29, 0.717) is 30.8 Å². The zero-order valence-electron chi connectivity index (χ0n) is 45.7. The molecule has 16 atom stereocenters. The molecule has 8 fully saturated rings. The summed E-state index contributed by atoms with van der Waals surface area (Å²) in [6.45, 7) is 31.4. The molecule has 10 aliphatic rings. The van der Waals surface area contributed by atoms with Gasteiger partial charge in [-0.3, -0.25) is 28.8 Å². The summed E-state index contributed by atoms with van der Waals surface area (Å²) in [6, 6.07) is 0. The summed E-state index contributed by atoms with van der Waals surface area (Å²) in [5.74, 6) is 1.20. The molecule has 0 unspecified atom stereocenters. The van der Waals surface area contributed by atoms with E-state index in [4.69, 9.17) is 4.74 Å². The van der Waals surface area contributed by atoms with Crippen LogP contribution in [0.25, 0.3) is 0 Å². The molecule has 8 nitrogen and oxygen atoms in total. The van der Waals surface area contributed by atoms with Gasteiger partial charge in [0.05, 0.1) is 17.9 Å². The van der Waals surface area contributed by atoms with E-state index < -0.39 is 16.8 Å². The molecule has 0 saturated heterocycles. The summed E-state index contributed by atoms with van der Waals surface area (Å²) >= 11 is 0. The van der Waals surface area contributed by atoms with Crippen molar-refractivity contribution in [1.29, 1.82) is 0 Å². The maximum absolute atomic E-state index is 14.3. The maximum atomic E-state index is 14.3. The van der Waals surface area contributed by atoms with Crippen LogP contribution in [0.3, 0.4) is 0 Å². The molecule has 0 bridgehead atoms. The lowest BCUT2D eigenvalue weighted by Crippen LogP contribution is -2.66. The molecular weight excluding hydrogens is 861 g/mol. The van der Waals surface area contributed by atoms with Crippen LogP contribution in [0, 0.1) is 100 Å². The second-order valence-electron chi connectivity index (χ2n) is 29.6. The van der Waals surface area contributed by atoms with Crippen molar-refractivity contribution in [3.8, 4) is 0 Å². The highest BCUT2D eigenvalue weighted by Crippen LogP contribution is 2.77. The highest BCUT2D eigenvalue weighted by atomic mass is 16.5. The Morgan fingerprint density at radius 1 is 0.507 bits per heavy atom. The average Bonchev–Trinajstić information content (AvgIpc) is 3.26. The van der Waals surface area contributed by atoms with E-state index in [1.54, 1.807) is 0 Å². The van der Waals surface area contributed by atoms with Gasteiger partial charge in [0.1, 0.15) is 11.6 Å². The predicted octanol–water partition coefficient (Wildman–Crippen LogP) is 13.3. The van der Waals surface area contributed by atoms with E-state index in [0.717, 1.165) is 96.3 Å². The number of aliphatic carboxylic acids is 1. The van der Waals surface area contributed by atoms with Crippen molar-refractivity contribution in [3.05, 3.63) is 23.3 Å². The third-order valence-corrected chi connectivity index (χ3v) is 25.8. The van der Waals surface area contributed by atoms with E-state index in [1.807, 2.05) is 13.0 Å². The van der Waals surface area contributed by atoms with E-state index in [1.165, 1.54) is 18.3 Å². The van der Waals surface area contributed by atoms with Crippen LogP contribution in [0.5, 0.6) is 0 Å². The Kier molecular flexibility index (Phi) is 11.3. The van der Waals surface area contributed by atoms with Crippen LogP contribution in [-0.2, 0) is 33.5 Å². The average molecular weight is 951 g/mol. The van der Waals surface area contributed by atoms with Crippen LogP contribution in [0.2, 0.25) is 0 Å². The van der Waals surface area contributed by atoms with Crippen molar-refractivity contribution >= 4 is 35.1 Å². The zero-order valence-corrected chi connectivity index (χ0v) is 45.7. The first-order valence-electron chi connectivity index (χ1n) is 27.5. The third-order valence-electron chi connectivity index (χ3n) is 25.8. The lowest BCUT2D eigenvalue weighted by Gasteiger charge is -2.69. The van der Waals surface area contributed by atoms with Crippen molar-refractivity contribution in [2.45, 2.75) is 213 Å². The minimum absolute atomic E-state index is 0.0465. The number of esters is 1. The maximum Gasteiger partial charge on any atom is 0.311 e.